The van der Waals surface area contributed by atoms with Crippen molar-refractivity contribution in [2.75, 3.05) is 7.11 Å². The fraction of sp³-hybridized carbons (Fsp3) is 0.312. The molecule has 1 atom stereocenters. The summed E-state index contributed by atoms with van der Waals surface area (Å²) >= 11 is 0. The first-order chi connectivity index (χ1) is 12.3. The van der Waals surface area contributed by atoms with Gasteiger partial charge in [-0.25, -0.2) is 4.39 Å². The molecular formula is C16H14F4N4O2. The van der Waals surface area contributed by atoms with Gasteiger partial charge in [-0.2, -0.15) is 9.61 Å². The van der Waals surface area contributed by atoms with E-state index in [1.165, 1.54) is 36.7 Å². The Morgan fingerprint density at radius 2 is 1.92 bits per heavy atom. The van der Waals surface area contributed by atoms with E-state index in [0.29, 0.717) is 22.5 Å². The van der Waals surface area contributed by atoms with Gasteiger partial charge in [0.15, 0.2) is 17.6 Å². The molecule has 0 aliphatic carbocycles. The molecule has 3 rings (SSSR count). The van der Waals surface area contributed by atoms with Crippen LogP contribution in [0, 0.1) is 0 Å². The topological polar surface area (TPSA) is 61.5 Å². The van der Waals surface area contributed by atoms with Crippen LogP contribution in [0.2, 0.25) is 0 Å². The van der Waals surface area contributed by atoms with Crippen molar-refractivity contribution in [1.82, 2.24) is 19.8 Å². The summed E-state index contributed by atoms with van der Waals surface area (Å²) in [5, 5.41) is 11.9. The molecule has 0 bridgehead atoms. The second kappa shape index (κ2) is 6.87. The zero-order valence-corrected chi connectivity index (χ0v) is 13.8. The highest BCUT2D eigenvalue weighted by atomic mass is 19.4. The van der Waals surface area contributed by atoms with E-state index in [1.807, 2.05) is 0 Å². The number of fused-ring (bicyclic) bond motifs is 1. The molecule has 0 saturated heterocycles. The number of ether oxygens (including phenoxy) is 2. The molecule has 0 amide bonds. The standard InChI is InChI=1S/C16H14F4N4O2/c1-9(17)15-22-21-14-6-5-13(23-24(14)15)12-4-3-11(26-16(18,19)20)7-10(12)8-25-2/h3-7,9H,8H2,1-2H3. The van der Waals surface area contributed by atoms with Crippen LogP contribution in [-0.4, -0.2) is 33.3 Å². The molecule has 2 heterocycles. The van der Waals surface area contributed by atoms with Gasteiger partial charge in [0.1, 0.15) is 5.75 Å². The molecular weight excluding hydrogens is 356 g/mol. The van der Waals surface area contributed by atoms with Crippen LogP contribution < -0.4 is 4.74 Å². The second-order valence-corrected chi connectivity index (χ2v) is 5.46. The highest BCUT2D eigenvalue weighted by molar-refractivity contribution is 5.65. The third-order valence-electron chi connectivity index (χ3n) is 3.53. The van der Waals surface area contributed by atoms with Crippen molar-refractivity contribution in [3.8, 4) is 17.0 Å². The predicted molar refractivity (Wildman–Crippen MR) is 83.1 cm³/mol. The van der Waals surface area contributed by atoms with Crippen LogP contribution in [0.1, 0.15) is 24.5 Å². The van der Waals surface area contributed by atoms with E-state index in [2.05, 4.69) is 20.0 Å². The Labute approximate surface area is 145 Å². The van der Waals surface area contributed by atoms with Crippen LogP contribution in [0.4, 0.5) is 17.6 Å². The molecule has 0 aliphatic heterocycles. The second-order valence-electron chi connectivity index (χ2n) is 5.46. The van der Waals surface area contributed by atoms with Gasteiger partial charge < -0.3 is 9.47 Å². The molecule has 2 aromatic heterocycles. The molecule has 3 aromatic rings. The van der Waals surface area contributed by atoms with E-state index in [4.69, 9.17) is 4.74 Å². The molecule has 1 unspecified atom stereocenters. The van der Waals surface area contributed by atoms with Crippen molar-refractivity contribution in [2.24, 2.45) is 0 Å². The maximum Gasteiger partial charge on any atom is 0.573 e. The van der Waals surface area contributed by atoms with Crippen molar-refractivity contribution in [1.29, 1.82) is 0 Å². The third kappa shape index (κ3) is 3.74. The Balaban J connectivity index is 2.07. The minimum Gasteiger partial charge on any atom is -0.406 e. The van der Waals surface area contributed by atoms with Crippen molar-refractivity contribution in [3.05, 3.63) is 41.7 Å². The van der Waals surface area contributed by atoms with Gasteiger partial charge >= 0.3 is 6.36 Å². The highest BCUT2D eigenvalue weighted by Gasteiger charge is 2.31. The van der Waals surface area contributed by atoms with E-state index in [0.717, 1.165) is 0 Å². The van der Waals surface area contributed by atoms with Gasteiger partial charge in [0, 0.05) is 12.7 Å². The third-order valence-corrected chi connectivity index (χ3v) is 3.53. The average molecular weight is 370 g/mol. The summed E-state index contributed by atoms with van der Waals surface area (Å²) in [4.78, 5) is 0. The number of nitrogens with zero attached hydrogens (tertiary/aromatic N) is 4. The minimum atomic E-state index is -4.79. The lowest BCUT2D eigenvalue weighted by Crippen LogP contribution is -2.17. The van der Waals surface area contributed by atoms with Crippen LogP contribution in [0.5, 0.6) is 5.75 Å². The molecule has 0 spiro atoms. The lowest BCUT2D eigenvalue weighted by molar-refractivity contribution is -0.274. The molecule has 0 aliphatic rings. The van der Waals surface area contributed by atoms with Gasteiger partial charge in [-0.1, -0.05) is 0 Å². The Bertz CT molecular complexity index is 924. The monoisotopic (exact) mass is 370 g/mol. The Morgan fingerprint density at radius 3 is 2.58 bits per heavy atom. The SMILES string of the molecule is COCc1cc(OC(F)(F)F)ccc1-c1ccc2nnc(C(C)F)n2n1. The van der Waals surface area contributed by atoms with Gasteiger partial charge in [0.25, 0.3) is 0 Å². The fourth-order valence-corrected chi connectivity index (χ4v) is 2.49. The van der Waals surface area contributed by atoms with Gasteiger partial charge in [-0.3, -0.25) is 0 Å². The molecule has 0 N–H and O–H groups in total. The first-order valence-electron chi connectivity index (χ1n) is 7.53. The van der Waals surface area contributed by atoms with E-state index < -0.39 is 12.5 Å². The van der Waals surface area contributed by atoms with Crippen LogP contribution in [0.25, 0.3) is 16.9 Å². The van der Waals surface area contributed by atoms with Gasteiger partial charge in [-0.05, 0) is 42.8 Å². The lowest BCUT2D eigenvalue weighted by Gasteiger charge is -2.13. The normalized spacial score (nSPS) is 13.2. The summed E-state index contributed by atoms with van der Waals surface area (Å²) < 4.78 is 61.2. The van der Waals surface area contributed by atoms with Gasteiger partial charge in [0.2, 0.25) is 0 Å². The summed E-state index contributed by atoms with van der Waals surface area (Å²) in [7, 11) is 1.42. The molecule has 0 radical (unpaired) electrons. The highest BCUT2D eigenvalue weighted by Crippen LogP contribution is 2.30. The molecule has 0 fully saturated rings. The van der Waals surface area contributed by atoms with Crippen LogP contribution in [0.3, 0.4) is 0 Å². The Kier molecular flexibility index (Phi) is 4.77. The quantitative estimate of drug-likeness (QED) is 0.638. The summed E-state index contributed by atoms with van der Waals surface area (Å²) in [5.41, 5.74) is 1.72. The number of aromatic nitrogens is 4. The number of rotatable bonds is 5. The van der Waals surface area contributed by atoms with E-state index >= 15 is 0 Å². The molecule has 138 valence electrons. The molecule has 6 nitrogen and oxygen atoms in total. The largest absolute Gasteiger partial charge is 0.573 e. The lowest BCUT2D eigenvalue weighted by atomic mass is 10.0. The molecule has 26 heavy (non-hydrogen) atoms. The van der Waals surface area contributed by atoms with Crippen LogP contribution in [-0.2, 0) is 11.3 Å². The van der Waals surface area contributed by atoms with Crippen molar-refractivity contribution >= 4 is 5.65 Å². The van der Waals surface area contributed by atoms with E-state index in [9.17, 15) is 17.6 Å². The summed E-state index contributed by atoms with van der Waals surface area (Å²) in [6, 6.07) is 7.06. The number of hydrogen-bond donors (Lipinski definition) is 0. The molecule has 10 heteroatoms. The number of hydrogen-bond acceptors (Lipinski definition) is 5. The molecule has 1 aromatic carbocycles. The number of halogens is 4. The number of benzene rings is 1. The number of methoxy groups -OCH3 is 1. The van der Waals surface area contributed by atoms with Crippen molar-refractivity contribution in [3.63, 3.8) is 0 Å². The summed E-state index contributed by atoms with van der Waals surface area (Å²) in [6.45, 7) is 1.35. The maximum atomic E-state index is 13.6. The summed E-state index contributed by atoms with van der Waals surface area (Å²) in [6.07, 6.45) is -6.17. The van der Waals surface area contributed by atoms with Crippen LogP contribution >= 0.6 is 0 Å². The van der Waals surface area contributed by atoms with Gasteiger partial charge in [-0.15, -0.1) is 23.4 Å². The van der Waals surface area contributed by atoms with Gasteiger partial charge in [0.05, 0.1) is 12.3 Å². The molecule has 0 saturated carbocycles. The Morgan fingerprint density at radius 1 is 1.15 bits per heavy atom. The first-order valence-corrected chi connectivity index (χ1v) is 7.53. The van der Waals surface area contributed by atoms with Crippen LogP contribution in [0.15, 0.2) is 30.3 Å². The van der Waals surface area contributed by atoms with E-state index in [-0.39, 0.29) is 18.2 Å². The zero-order chi connectivity index (χ0) is 18.9. The van der Waals surface area contributed by atoms with Crippen molar-refractivity contribution < 1.29 is 27.0 Å². The Hall–Kier alpha value is -2.75. The summed E-state index contributed by atoms with van der Waals surface area (Å²) in [5.74, 6) is -0.330. The maximum absolute atomic E-state index is 13.6. The number of alkyl halides is 4. The average Bonchev–Trinajstić information content (AvgIpc) is 2.97. The first kappa shape index (κ1) is 18.1. The smallest absolute Gasteiger partial charge is 0.406 e. The van der Waals surface area contributed by atoms with E-state index in [1.54, 1.807) is 12.1 Å². The predicted octanol–water partition coefficient (Wildman–Crippen LogP) is 3.87. The zero-order valence-electron chi connectivity index (χ0n) is 13.8. The van der Waals surface area contributed by atoms with Crippen molar-refractivity contribution in [2.45, 2.75) is 26.1 Å². The fourth-order valence-electron chi connectivity index (χ4n) is 2.49. The minimum absolute atomic E-state index is 0.0344.